The van der Waals surface area contributed by atoms with E-state index in [-0.39, 0.29) is 11.8 Å². The minimum absolute atomic E-state index is 0.188. The highest BCUT2D eigenvalue weighted by Gasteiger charge is 2.32. The molecule has 0 bridgehead atoms. The maximum atomic E-state index is 5.66. The minimum Gasteiger partial charge on any atom is -0.309 e. The molecule has 0 radical (unpaired) electrons. The molecule has 12 rings (SSSR count). The molecule has 2 nitrogen and oxygen atoms in total. The smallest absolute Gasteiger partial charge is 0.0672 e. The molecule has 2 heteroatoms. The van der Waals surface area contributed by atoms with Gasteiger partial charge in [0.1, 0.15) is 0 Å². The van der Waals surface area contributed by atoms with E-state index in [1.165, 1.54) is 92.8 Å². The van der Waals surface area contributed by atoms with Gasteiger partial charge in [0.2, 0.25) is 0 Å². The second kappa shape index (κ2) is 14.3. The summed E-state index contributed by atoms with van der Waals surface area (Å²) in [6.45, 7) is 2.32. The third kappa shape index (κ3) is 5.74. The number of nitrogens with zero attached hydrogens (tertiary/aromatic N) is 2. The van der Waals surface area contributed by atoms with Crippen LogP contribution >= 0.6 is 0 Å². The highest BCUT2D eigenvalue weighted by Crippen LogP contribution is 2.44. The van der Waals surface area contributed by atoms with Gasteiger partial charge in [-0.05, 0) is 108 Å². The van der Waals surface area contributed by atoms with Gasteiger partial charge in [0, 0.05) is 33.9 Å². The first-order valence-corrected chi connectivity index (χ1v) is 21.5. The van der Waals surface area contributed by atoms with E-state index >= 15 is 0 Å². The second-order valence-corrected chi connectivity index (χ2v) is 16.5. The molecule has 1 aliphatic rings. The Hall–Kier alpha value is -7.55. The standard InChI is InChI=1S/C59H42N2/c1-2-45-53(39-17-5-3-6-18-39)37-55(40-19-7-4-8-20-40)60-59(45)52-26-15-25-51-47-23-12-11-22-46(47)48-32-29-42(35-54(48)58(51)52)43-30-33-50-49-24-13-14-27-56(49)61(57(50)36-43)44-31-28-38-16-9-10-21-41(38)34-44/h3-37,45,53H,2H2,1H3. The second-order valence-electron chi connectivity index (χ2n) is 16.5. The molecule has 0 fully saturated rings. The number of hydrogen-bond acceptors (Lipinski definition) is 1. The van der Waals surface area contributed by atoms with Crippen LogP contribution < -0.4 is 0 Å². The fourth-order valence-electron chi connectivity index (χ4n) is 10.3. The molecule has 0 spiro atoms. The van der Waals surface area contributed by atoms with Gasteiger partial charge in [-0.25, -0.2) is 0 Å². The third-order valence-electron chi connectivity index (χ3n) is 13.2. The molecule has 0 amide bonds. The van der Waals surface area contributed by atoms with Gasteiger partial charge >= 0.3 is 0 Å². The summed E-state index contributed by atoms with van der Waals surface area (Å²) in [7, 11) is 0. The van der Waals surface area contributed by atoms with Crippen LogP contribution in [0.4, 0.5) is 0 Å². The molecule has 0 aliphatic carbocycles. The van der Waals surface area contributed by atoms with Crippen molar-refractivity contribution in [1.29, 1.82) is 0 Å². The van der Waals surface area contributed by atoms with Crippen LogP contribution in [0.2, 0.25) is 0 Å². The summed E-state index contributed by atoms with van der Waals surface area (Å²) in [5.41, 5.74) is 11.8. The lowest BCUT2D eigenvalue weighted by Gasteiger charge is -2.31. The third-order valence-corrected chi connectivity index (χ3v) is 13.2. The fourth-order valence-corrected chi connectivity index (χ4v) is 10.3. The van der Waals surface area contributed by atoms with Gasteiger partial charge in [0.25, 0.3) is 0 Å². The van der Waals surface area contributed by atoms with Crippen LogP contribution in [0.5, 0.6) is 0 Å². The molecular weight excluding hydrogens is 737 g/mol. The van der Waals surface area contributed by atoms with Crippen LogP contribution in [0.25, 0.3) is 87.4 Å². The molecule has 1 aliphatic heterocycles. The van der Waals surface area contributed by atoms with Crippen molar-refractivity contribution in [1.82, 2.24) is 4.57 Å². The number of aliphatic imine (C=N–C) groups is 1. The van der Waals surface area contributed by atoms with Crippen LogP contribution in [0, 0.1) is 5.92 Å². The van der Waals surface area contributed by atoms with Gasteiger partial charge in [0.15, 0.2) is 0 Å². The Morgan fingerprint density at radius 2 is 1.07 bits per heavy atom. The van der Waals surface area contributed by atoms with Crippen molar-refractivity contribution in [2.24, 2.45) is 10.9 Å². The van der Waals surface area contributed by atoms with Crippen molar-refractivity contribution in [2.45, 2.75) is 19.3 Å². The van der Waals surface area contributed by atoms with Crippen molar-refractivity contribution in [3.63, 3.8) is 0 Å². The van der Waals surface area contributed by atoms with Gasteiger partial charge in [-0.1, -0.05) is 183 Å². The van der Waals surface area contributed by atoms with Crippen LogP contribution in [-0.2, 0) is 0 Å². The van der Waals surface area contributed by atoms with E-state index < -0.39 is 0 Å². The van der Waals surface area contributed by atoms with Gasteiger partial charge in [-0.2, -0.15) is 0 Å². The number of allylic oxidation sites excluding steroid dienone is 1. The fraction of sp³-hybridized carbons (Fsp3) is 0.0678. The number of rotatable bonds is 6. The number of para-hydroxylation sites is 1. The predicted octanol–water partition coefficient (Wildman–Crippen LogP) is 15.7. The first-order valence-electron chi connectivity index (χ1n) is 21.5. The summed E-state index contributed by atoms with van der Waals surface area (Å²) in [5, 5.41) is 12.6. The number of benzene rings is 10. The summed E-state index contributed by atoms with van der Waals surface area (Å²) in [6, 6.07) is 75.9. The van der Waals surface area contributed by atoms with E-state index in [1.807, 2.05) is 0 Å². The van der Waals surface area contributed by atoms with Gasteiger partial charge in [-0.15, -0.1) is 0 Å². The van der Waals surface area contributed by atoms with Crippen LogP contribution in [0.15, 0.2) is 217 Å². The summed E-state index contributed by atoms with van der Waals surface area (Å²) in [4.78, 5) is 5.66. The highest BCUT2D eigenvalue weighted by atomic mass is 15.0. The Morgan fingerprint density at radius 3 is 1.87 bits per heavy atom. The topological polar surface area (TPSA) is 17.3 Å². The van der Waals surface area contributed by atoms with E-state index in [2.05, 4.69) is 224 Å². The largest absolute Gasteiger partial charge is 0.309 e. The molecule has 61 heavy (non-hydrogen) atoms. The Morgan fingerprint density at radius 1 is 0.443 bits per heavy atom. The van der Waals surface area contributed by atoms with Gasteiger partial charge in [0.05, 0.1) is 22.4 Å². The number of aromatic nitrogens is 1. The van der Waals surface area contributed by atoms with Crippen molar-refractivity contribution in [2.75, 3.05) is 0 Å². The Kier molecular flexibility index (Phi) is 8.31. The first-order chi connectivity index (χ1) is 30.2. The average Bonchev–Trinajstić information content (AvgIpc) is 3.67. The normalized spacial score (nSPS) is 15.6. The SMILES string of the molecule is CCC1C(c2cccc3c4ccccc4c4ccc(-c5ccc6c7ccccc7n(-c7ccc8ccccc8c7)c6c5)cc4c23)=NC(c2ccccc2)=CC1c1ccccc1. The van der Waals surface area contributed by atoms with Gasteiger partial charge in [-0.3, -0.25) is 4.99 Å². The predicted molar refractivity (Wildman–Crippen MR) is 260 cm³/mol. The summed E-state index contributed by atoms with van der Waals surface area (Å²) >= 11 is 0. The summed E-state index contributed by atoms with van der Waals surface area (Å²) in [5.74, 6) is 0.386. The first kappa shape index (κ1) is 35.4. The molecule has 2 unspecified atom stereocenters. The molecule has 0 saturated heterocycles. The van der Waals surface area contributed by atoms with Gasteiger partial charge < -0.3 is 4.57 Å². The number of hydrogen-bond donors (Lipinski definition) is 0. The lowest BCUT2D eigenvalue weighted by atomic mass is 9.75. The van der Waals surface area contributed by atoms with E-state index in [0.717, 1.165) is 23.4 Å². The monoisotopic (exact) mass is 778 g/mol. The zero-order chi connectivity index (χ0) is 40.4. The summed E-state index contributed by atoms with van der Waals surface area (Å²) < 4.78 is 2.44. The van der Waals surface area contributed by atoms with E-state index in [0.29, 0.717) is 0 Å². The minimum atomic E-state index is 0.188. The average molecular weight is 779 g/mol. The lowest BCUT2D eigenvalue weighted by Crippen LogP contribution is -2.25. The Labute approximate surface area is 355 Å². The van der Waals surface area contributed by atoms with Crippen molar-refractivity contribution >= 4 is 76.3 Å². The Bertz CT molecular complexity index is 3570. The molecule has 11 aromatic rings. The molecule has 10 aromatic carbocycles. The van der Waals surface area contributed by atoms with Crippen LogP contribution in [0.3, 0.4) is 0 Å². The Balaban J connectivity index is 1.10. The number of fused-ring (bicyclic) bond motifs is 10. The highest BCUT2D eigenvalue weighted by molar-refractivity contribution is 6.31. The maximum Gasteiger partial charge on any atom is 0.0672 e. The molecular formula is C59H42N2. The zero-order valence-corrected chi connectivity index (χ0v) is 34.0. The molecule has 2 heterocycles. The molecule has 1 aromatic heterocycles. The lowest BCUT2D eigenvalue weighted by molar-refractivity contribution is 0.594. The molecule has 0 saturated carbocycles. The summed E-state index contributed by atoms with van der Waals surface area (Å²) in [6.07, 6.45) is 3.38. The quantitative estimate of drug-likeness (QED) is 0.150. The van der Waals surface area contributed by atoms with Crippen molar-refractivity contribution < 1.29 is 0 Å². The molecule has 0 N–H and O–H groups in total. The van der Waals surface area contributed by atoms with E-state index in [9.17, 15) is 0 Å². The maximum absolute atomic E-state index is 5.66. The van der Waals surface area contributed by atoms with Crippen molar-refractivity contribution in [3.05, 3.63) is 229 Å². The molecule has 288 valence electrons. The zero-order valence-electron chi connectivity index (χ0n) is 34.0. The van der Waals surface area contributed by atoms with E-state index in [4.69, 9.17) is 4.99 Å². The van der Waals surface area contributed by atoms with Crippen molar-refractivity contribution in [3.8, 4) is 16.8 Å². The van der Waals surface area contributed by atoms with Crippen LogP contribution in [0.1, 0.15) is 36.0 Å². The van der Waals surface area contributed by atoms with Crippen LogP contribution in [-0.4, -0.2) is 10.3 Å². The van der Waals surface area contributed by atoms with E-state index in [1.54, 1.807) is 0 Å². The molecule has 2 atom stereocenters.